The second kappa shape index (κ2) is 9.47. The van der Waals surface area contributed by atoms with E-state index in [1.165, 1.54) is 32.2 Å². The molecule has 0 radical (unpaired) electrons. The molecule has 0 aliphatic heterocycles. The molecule has 0 aliphatic rings. The smallest absolute Gasteiger partial charge is 0.00759 e. The zero-order valence-electron chi connectivity index (χ0n) is 10.5. The van der Waals surface area contributed by atoms with Crippen LogP contribution in [0.3, 0.4) is 0 Å². The average Bonchev–Trinajstić information content (AvgIpc) is 2.18. The SMILES string of the molecule is CCCCCN(C)C(C)CCNCC. The summed E-state index contributed by atoms with van der Waals surface area (Å²) in [6.45, 7) is 10.2. The van der Waals surface area contributed by atoms with E-state index in [4.69, 9.17) is 0 Å². The van der Waals surface area contributed by atoms with Gasteiger partial charge in [-0.25, -0.2) is 0 Å². The summed E-state index contributed by atoms with van der Waals surface area (Å²) < 4.78 is 0. The summed E-state index contributed by atoms with van der Waals surface area (Å²) in [5.41, 5.74) is 0. The van der Waals surface area contributed by atoms with Crippen molar-refractivity contribution in [3.63, 3.8) is 0 Å². The molecule has 0 rings (SSSR count). The zero-order chi connectivity index (χ0) is 10.8. The molecule has 2 nitrogen and oxygen atoms in total. The maximum absolute atomic E-state index is 3.37. The standard InChI is InChI=1S/C12H28N2/c1-5-7-8-11-14(4)12(3)9-10-13-6-2/h12-13H,5-11H2,1-4H3. The van der Waals surface area contributed by atoms with Crippen LogP contribution >= 0.6 is 0 Å². The molecular weight excluding hydrogens is 172 g/mol. The Bertz CT molecular complexity index is 101. The predicted molar refractivity (Wildman–Crippen MR) is 64.8 cm³/mol. The van der Waals surface area contributed by atoms with Crippen LogP contribution in [0.15, 0.2) is 0 Å². The molecule has 0 aromatic rings. The summed E-state index contributed by atoms with van der Waals surface area (Å²) in [6, 6.07) is 0.714. The van der Waals surface area contributed by atoms with Crippen LogP contribution in [0, 0.1) is 0 Å². The summed E-state index contributed by atoms with van der Waals surface area (Å²) in [6.07, 6.45) is 5.29. The predicted octanol–water partition coefficient (Wildman–Crippen LogP) is 2.50. The van der Waals surface area contributed by atoms with Gasteiger partial charge in [0.15, 0.2) is 0 Å². The average molecular weight is 200 g/mol. The molecule has 0 aromatic heterocycles. The largest absolute Gasteiger partial charge is 0.317 e. The van der Waals surface area contributed by atoms with Crippen LogP contribution in [0.2, 0.25) is 0 Å². The van der Waals surface area contributed by atoms with E-state index in [0.717, 1.165) is 13.1 Å². The van der Waals surface area contributed by atoms with Crippen LogP contribution in [0.4, 0.5) is 0 Å². The number of unbranched alkanes of at least 4 members (excludes halogenated alkanes) is 2. The Balaban J connectivity index is 3.39. The lowest BCUT2D eigenvalue weighted by Crippen LogP contribution is -2.32. The van der Waals surface area contributed by atoms with Gasteiger partial charge in [-0.2, -0.15) is 0 Å². The van der Waals surface area contributed by atoms with Gasteiger partial charge in [0, 0.05) is 6.04 Å². The molecule has 1 atom stereocenters. The molecule has 0 amide bonds. The van der Waals surface area contributed by atoms with Crippen molar-refractivity contribution >= 4 is 0 Å². The molecule has 1 N–H and O–H groups in total. The van der Waals surface area contributed by atoms with Gasteiger partial charge >= 0.3 is 0 Å². The number of hydrogen-bond donors (Lipinski definition) is 1. The first kappa shape index (κ1) is 13.9. The van der Waals surface area contributed by atoms with Crippen LogP contribution in [-0.4, -0.2) is 37.6 Å². The van der Waals surface area contributed by atoms with E-state index in [9.17, 15) is 0 Å². The normalized spacial score (nSPS) is 13.5. The van der Waals surface area contributed by atoms with Crippen LogP contribution in [0.5, 0.6) is 0 Å². The van der Waals surface area contributed by atoms with Crippen LogP contribution in [0.25, 0.3) is 0 Å². The molecule has 0 aromatic carbocycles. The lowest BCUT2D eigenvalue weighted by atomic mass is 10.2. The molecule has 14 heavy (non-hydrogen) atoms. The number of nitrogens with one attached hydrogen (secondary N) is 1. The highest BCUT2D eigenvalue weighted by molar-refractivity contribution is 4.64. The fourth-order valence-electron chi connectivity index (χ4n) is 1.54. The van der Waals surface area contributed by atoms with Crippen molar-refractivity contribution in [1.29, 1.82) is 0 Å². The minimum Gasteiger partial charge on any atom is -0.317 e. The van der Waals surface area contributed by atoms with Gasteiger partial charge in [-0.1, -0.05) is 26.7 Å². The van der Waals surface area contributed by atoms with Gasteiger partial charge in [-0.05, 0) is 46.4 Å². The third-order valence-electron chi connectivity index (χ3n) is 2.86. The number of rotatable bonds is 9. The molecule has 0 heterocycles. The lowest BCUT2D eigenvalue weighted by Gasteiger charge is -2.24. The Hall–Kier alpha value is -0.0800. The van der Waals surface area contributed by atoms with Gasteiger partial charge in [0.05, 0.1) is 0 Å². The third-order valence-corrected chi connectivity index (χ3v) is 2.86. The van der Waals surface area contributed by atoms with Gasteiger partial charge in [-0.15, -0.1) is 0 Å². The first-order valence-corrected chi connectivity index (χ1v) is 6.13. The quantitative estimate of drug-likeness (QED) is 0.575. The molecule has 0 saturated heterocycles. The highest BCUT2D eigenvalue weighted by Crippen LogP contribution is 2.03. The molecule has 86 valence electrons. The molecule has 0 bridgehead atoms. The van der Waals surface area contributed by atoms with Crippen molar-refractivity contribution in [1.82, 2.24) is 10.2 Å². The summed E-state index contributed by atoms with van der Waals surface area (Å²) in [4.78, 5) is 2.48. The Morgan fingerprint density at radius 1 is 1.21 bits per heavy atom. The van der Waals surface area contributed by atoms with Crippen molar-refractivity contribution in [3.8, 4) is 0 Å². The van der Waals surface area contributed by atoms with E-state index < -0.39 is 0 Å². The van der Waals surface area contributed by atoms with Gasteiger partial charge in [0.25, 0.3) is 0 Å². The van der Waals surface area contributed by atoms with Crippen molar-refractivity contribution in [2.75, 3.05) is 26.7 Å². The topological polar surface area (TPSA) is 15.3 Å². The van der Waals surface area contributed by atoms with Crippen LogP contribution in [0.1, 0.15) is 46.5 Å². The molecule has 1 unspecified atom stereocenters. The second-order valence-corrected chi connectivity index (χ2v) is 4.18. The molecule has 0 aliphatic carbocycles. The fraction of sp³-hybridized carbons (Fsp3) is 1.00. The van der Waals surface area contributed by atoms with Crippen molar-refractivity contribution in [2.45, 2.75) is 52.5 Å². The van der Waals surface area contributed by atoms with Crippen molar-refractivity contribution in [3.05, 3.63) is 0 Å². The lowest BCUT2D eigenvalue weighted by molar-refractivity contribution is 0.240. The summed E-state index contributed by atoms with van der Waals surface area (Å²) in [5.74, 6) is 0. The van der Waals surface area contributed by atoms with Crippen molar-refractivity contribution < 1.29 is 0 Å². The van der Waals surface area contributed by atoms with E-state index in [0.29, 0.717) is 6.04 Å². The minimum absolute atomic E-state index is 0.714. The maximum Gasteiger partial charge on any atom is 0.00759 e. The summed E-state index contributed by atoms with van der Waals surface area (Å²) >= 11 is 0. The number of nitrogens with zero attached hydrogens (tertiary/aromatic N) is 1. The molecular formula is C12H28N2. The van der Waals surface area contributed by atoms with E-state index >= 15 is 0 Å². The minimum atomic E-state index is 0.714. The Morgan fingerprint density at radius 3 is 2.50 bits per heavy atom. The fourth-order valence-corrected chi connectivity index (χ4v) is 1.54. The molecule has 0 spiro atoms. The van der Waals surface area contributed by atoms with Crippen LogP contribution in [-0.2, 0) is 0 Å². The highest BCUT2D eigenvalue weighted by atomic mass is 15.1. The Morgan fingerprint density at radius 2 is 1.93 bits per heavy atom. The van der Waals surface area contributed by atoms with Gasteiger partial charge in [0.2, 0.25) is 0 Å². The summed E-state index contributed by atoms with van der Waals surface area (Å²) in [5, 5.41) is 3.37. The monoisotopic (exact) mass is 200 g/mol. The van der Waals surface area contributed by atoms with Crippen molar-refractivity contribution in [2.24, 2.45) is 0 Å². The molecule has 0 saturated carbocycles. The van der Waals surface area contributed by atoms with Gasteiger partial charge in [-0.3, -0.25) is 0 Å². The Kier molecular flexibility index (Phi) is 9.42. The van der Waals surface area contributed by atoms with E-state index in [2.05, 4.69) is 38.0 Å². The second-order valence-electron chi connectivity index (χ2n) is 4.18. The van der Waals surface area contributed by atoms with E-state index in [-0.39, 0.29) is 0 Å². The van der Waals surface area contributed by atoms with Gasteiger partial charge in [0.1, 0.15) is 0 Å². The first-order valence-electron chi connectivity index (χ1n) is 6.13. The number of hydrogen-bond acceptors (Lipinski definition) is 2. The maximum atomic E-state index is 3.37. The molecule has 2 heteroatoms. The first-order chi connectivity index (χ1) is 6.72. The van der Waals surface area contributed by atoms with Gasteiger partial charge < -0.3 is 10.2 Å². The van der Waals surface area contributed by atoms with E-state index in [1.54, 1.807) is 0 Å². The summed E-state index contributed by atoms with van der Waals surface area (Å²) in [7, 11) is 2.24. The molecule has 0 fully saturated rings. The van der Waals surface area contributed by atoms with E-state index in [1.807, 2.05) is 0 Å². The third kappa shape index (κ3) is 7.34. The highest BCUT2D eigenvalue weighted by Gasteiger charge is 2.07. The Labute approximate surface area is 90.1 Å². The zero-order valence-corrected chi connectivity index (χ0v) is 10.5. The van der Waals surface area contributed by atoms with Crippen LogP contribution < -0.4 is 5.32 Å².